The van der Waals surface area contributed by atoms with E-state index < -0.39 is 24.2 Å². The molecule has 0 aliphatic heterocycles. The highest BCUT2D eigenvalue weighted by Gasteiger charge is 2.12. The molecule has 0 aliphatic carbocycles. The summed E-state index contributed by atoms with van der Waals surface area (Å²) in [6.07, 6.45) is 1.69. The van der Waals surface area contributed by atoms with Crippen molar-refractivity contribution >= 4 is 11.8 Å². The number of rotatable bonds is 5. The number of nitrogens with zero attached hydrogens (tertiary/aromatic N) is 2. The summed E-state index contributed by atoms with van der Waals surface area (Å²) >= 11 is 0. The molecule has 0 saturated carbocycles. The Morgan fingerprint density at radius 2 is 1.64 bits per heavy atom. The second-order valence-electron chi connectivity index (χ2n) is 5.44. The molecule has 0 saturated heterocycles. The van der Waals surface area contributed by atoms with E-state index in [1.54, 1.807) is 35.1 Å². The fraction of sp³-hybridized carbons (Fsp3) is 0.105. The largest absolute Gasteiger partial charge is 0.454 e. The molecule has 5 nitrogen and oxygen atoms in total. The molecule has 0 radical (unpaired) electrons. The Bertz CT molecular complexity index is 899. The highest BCUT2D eigenvalue weighted by molar-refractivity contribution is 5.99. The molecule has 3 rings (SSSR count). The number of aryl methyl sites for hydroxylation is 1. The van der Waals surface area contributed by atoms with Crippen molar-refractivity contribution in [2.75, 3.05) is 6.61 Å². The van der Waals surface area contributed by atoms with Gasteiger partial charge in [0.25, 0.3) is 0 Å². The van der Waals surface area contributed by atoms with E-state index in [1.165, 1.54) is 24.3 Å². The van der Waals surface area contributed by atoms with E-state index in [9.17, 15) is 14.0 Å². The molecule has 0 unspecified atom stereocenters. The summed E-state index contributed by atoms with van der Waals surface area (Å²) in [7, 11) is 0. The van der Waals surface area contributed by atoms with E-state index in [0.717, 1.165) is 11.4 Å². The van der Waals surface area contributed by atoms with Crippen LogP contribution in [0.1, 0.15) is 26.4 Å². The number of esters is 1. The number of halogens is 1. The SMILES string of the molecule is Cc1ccnn1-c1ccc(C(=O)OCC(=O)c2ccc(F)cc2)cc1. The van der Waals surface area contributed by atoms with Crippen LogP contribution in [0.4, 0.5) is 4.39 Å². The Balaban J connectivity index is 1.62. The van der Waals surface area contributed by atoms with Crippen LogP contribution in [0.3, 0.4) is 0 Å². The van der Waals surface area contributed by atoms with Crippen molar-refractivity contribution in [2.45, 2.75) is 6.92 Å². The summed E-state index contributed by atoms with van der Waals surface area (Å²) in [4.78, 5) is 24.0. The number of carbonyl (C=O) groups excluding carboxylic acids is 2. The van der Waals surface area contributed by atoms with Crippen LogP contribution in [-0.2, 0) is 4.74 Å². The monoisotopic (exact) mass is 338 g/mol. The molecule has 0 amide bonds. The zero-order valence-electron chi connectivity index (χ0n) is 13.5. The third kappa shape index (κ3) is 3.80. The van der Waals surface area contributed by atoms with E-state index in [0.29, 0.717) is 11.1 Å². The molecule has 126 valence electrons. The fourth-order valence-corrected chi connectivity index (χ4v) is 2.31. The first kappa shape index (κ1) is 16.6. The average molecular weight is 338 g/mol. The highest BCUT2D eigenvalue weighted by Crippen LogP contribution is 2.12. The maximum absolute atomic E-state index is 12.8. The van der Waals surface area contributed by atoms with Crippen molar-refractivity contribution in [2.24, 2.45) is 0 Å². The lowest BCUT2D eigenvalue weighted by Crippen LogP contribution is -2.14. The van der Waals surface area contributed by atoms with Crippen molar-refractivity contribution < 1.29 is 18.7 Å². The van der Waals surface area contributed by atoms with Gasteiger partial charge in [-0.3, -0.25) is 4.79 Å². The van der Waals surface area contributed by atoms with Crippen molar-refractivity contribution in [3.8, 4) is 5.69 Å². The normalized spacial score (nSPS) is 10.5. The van der Waals surface area contributed by atoms with Gasteiger partial charge in [0.15, 0.2) is 12.4 Å². The van der Waals surface area contributed by atoms with Crippen molar-refractivity contribution in [1.82, 2.24) is 9.78 Å². The first-order valence-electron chi connectivity index (χ1n) is 7.61. The van der Waals surface area contributed by atoms with Crippen LogP contribution in [0.2, 0.25) is 0 Å². The maximum Gasteiger partial charge on any atom is 0.338 e. The van der Waals surface area contributed by atoms with Crippen LogP contribution in [0.15, 0.2) is 60.8 Å². The van der Waals surface area contributed by atoms with Crippen LogP contribution in [-0.4, -0.2) is 28.1 Å². The summed E-state index contributed by atoms with van der Waals surface area (Å²) in [5, 5.41) is 4.19. The third-order valence-electron chi connectivity index (χ3n) is 3.68. The number of ketones is 1. The molecule has 3 aromatic rings. The standard InChI is InChI=1S/C19H15FN2O3/c1-13-10-11-21-22(13)17-8-4-15(5-9-17)19(24)25-12-18(23)14-2-6-16(20)7-3-14/h2-11H,12H2,1H3. The Morgan fingerprint density at radius 1 is 1.00 bits per heavy atom. The fourth-order valence-electron chi connectivity index (χ4n) is 2.31. The van der Waals surface area contributed by atoms with Gasteiger partial charge in [-0.05, 0) is 61.5 Å². The lowest BCUT2D eigenvalue weighted by Gasteiger charge is -2.07. The molecule has 0 atom stereocenters. The lowest BCUT2D eigenvalue weighted by molar-refractivity contribution is 0.0474. The van der Waals surface area contributed by atoms with Crippen LogP contribution in [0, 0.1) is 12.7 Å². The predicted octanol–water partition coefficient (Wildman–Crippen LogP) is 3.36. The van der Waals surface area contributed by atoms with Crippen molar-refractivity contribution in [1.29, 1.82) is 0 Å². The minimum atomic E-state index is -0.598. The van der Waals surface area contributed by atoms with E-state index in [-0.39, 0.29) is 0 Å². The summed E-state index contributed by atoms with van der Waals surface area (Å²) in [6.45, 7) is 1.53. The van der Waals surface area contributed by atoms with Gasteiger partial charge in [0, 0.05) is 17.5 Å². The average Bonchev–Trinajstić information content (AvgIpc) is 3.06. The van der Waals surface area contributed by atoms with Gasteiger partial charge in [0.1, 0.15) is 5.82 Å². The first-order valence-corrected chi connectivity index (χ1v) is 7.61. The number of benzene rings is 2. The lowest BCUT2D eigenvalue weighted by atomic mass is 10.1. The van der Waals surface area contributed by atoms with Gasteiger partial charge in [0.05, 0.1) is 11.3 Å². The number of aromatic nitrogens is 2. The highest BCUT2D eigenvalue weighted by atomic mass is 19.1. The van der Waals surface area contributed by atoms with Gasteiger partial charge < -0.3 is 4.74 Å². The van der Waals surface area contributed by atoms with E-state index >= 15 is 0 Å². The van der Waals surface area contributed by atoms with Crippen LogP contribution < -0.4 is 0 Å². The maximum atomic E-state index is 12.8. The molecule has 6 heteroatoms. The number of hydrogen-bond donors (Lipinski definition) is 0. The number of hydrogen-bond acceptors (Lipinski definition) is 4. The smallest absolute Gasteiger partial charge is 0.338 e. The van der Waals surface area contributed by atoms with Gasteiger partial charge >= 0.3 is 5.97 Å². The number of carbonyl (C=O) groups is 2. The summed E-state index contributed by atoms with van der Waals surface area (Å²) in [5.41, 5.74) is 2.42. The Hall–Kier alpha value is -3.28. The third-order valence-corrected chi connectivity index (χ3v) is 3.68. The Kier molecular flexibility index (Phi) is 4.70. The quantitative estimate of drug-likeness (QED) is 0.529. The Labute approximate surface area is 143 Å². The van der Waals surface area contributed by atoms with Crippen molar-refractivity contribution in [3.63, 3.8) is 0 Å². The van der Waals surface area contributed by atoms with E-state index in [2.05, 4.69) is 5.10 Å². The zero-order chi connectivity index (χ0) is 17.8. The van der Waals surface area contributed by atoms with Gasteiger partial charge in [-0.1, -0.05) is 0 Å². The van der Waals surface area contributed by atoms with Crippen LogP contribution in [0.25, 0.3) is 5.69 Å². The molecule has 0 bridgehead atoms. The molecule has 0 N–H and O–H groups in total. The molecule has 1 heterocycles. The van der Waals surface area contributed by atoms with E-state index in [1.807, 2.05) is 13.0 Å². The molecule has 0 fully saturated rings. The first-order chi connectivity index (χ1) is 12.0. The summed E-state index contributed by atoms with van der Waals surface area (Å²) in [6, 6.07) is 13.7. The molecule has 0 aliphatic rings. The minimum Gasteiger partial charge on any atom is -0.454 e. The molecule has 25 heavy (non-hydrogen) atoms. The van der Waals surface area contributed by atoms with Crippen molar-refractivity contribution in [3.05, 3.63) is 83.4 Å². The van der Waals surface area contributed by atoms with Gasteiger partial charge in [-0.15, -0.1) is 0 Å². The number of Topliss-reactive ketones (excluding diaryl/α,β-unsaturated/α-hetero) is 1. The van der Waals surface area contributed by atoms with Gasteiger partial charge in [-0.2, -0.15) is 5.10 Å². The predicted molar refractivity (Wildman–Crippen MR) is 89.3 cm³/mol. The summed E-state index contributed by atoms with van der Waals surface area (Å²) in [5.74, 6) is -1.42. The van der Waals surface area contributed by atoms with Gasteiger partial charge in [-0.25, -0.2) is 13.9 Å². The number of ether oxygens (including phenoxy) is 1. The molecule has 2 aromatic carbocycles. The van der Waals surface area contributed by atoms with Gasteiger partial charge in [0.2, 0.25) is 0 Å². The Morgan fingerprint density at radius 3 is 2.24 bits per heavy atom. The minimum absolute atomic E-state index is 0.290. The molecule has 1 aromatic heterocycles. The topological polar surface area (TPSA) is 61.2 Å². The molecule has 0 spiro atoms. The molecular formula is C19H15FN2O3. The van der Waals surface area contributed by atoms with Crippen LogP contribution in [0.5, 0.6) is 0 Å². The molecular weight excluding hydrogens is 323 g/mol. The van der Waals surface area contributed by atoms with Crippen LogP contribution >= 0.6 is 0 Å². The second kappa shape index (κ2) is 7.09. The summed E-state index contributed by atoms with van der Waals surface area (Å²) < 4.78 is 19.6. The second-order valence-corrected chi connectivity index (χ2v) is 5.44. The van der Waals surface area contributed by atoms with E-state index in [4.69, 9.17) is 4.74 Å². The zero-order valence-corrected chi connectivity index (χ0v) is 13.5.